The molecule has 1 atom stereocenters. The van der Waals surface area contributed by atoms with Gasteiger partial charge in [-0.3, -0.25) is 0 Å². The lowest BCUT2D eigenvalue weighted by molar-refractivity contribution is 0.201. The first-order chi connectivity index (χ1) is 15.8. The van der Waals surface area contributed by atoms with E-state index in [0.717, 1.165) is 43.7 Å². The maximum atomic E-state index is 12.5. The number of hydrogen-bond acceptors (Lipinski definition) is 5. The number of anilines is 1. The Balaban J connectivity index is 1.57. The fraction of sp³-hybridized carbons (Fsp3) is 0.458. The van der Waals surface area contributed by atoms with E-state index in [9.17, 15) is 13.2 Å². The Hall–Kier alpha value is -2.45. The van der Waals surface area contributed by atoms with Gasteiger partial charge in [0, 0.05) is 23.5 Å². The number of carboxylic acid groups (broad SMARTS) is 1. The third-order valence-electron chi connectivity index (χ3n) is 7.24. The van der Waals surface area contributed by atoms with Crippen molar-refractivity contribution in [2.24, 2.45) is 5.92 Å². The van der Waals surface area contributed by atoms with Crippen LogP contribution in [-0.2, 0) is 21.9 Å². The molecule has 1 heterocycles. The van der Waals surface area contributed by atoms with E-state index in [1.54, 1.807) is 16.9 Å². The summed E-state index contributed by atoms with van der Waals surface area (Å²) in [6.45, 7) is 2.02. The highest BCUT2D eigenvalue weighted by atomic mass is 35.5. The van der Waals surface area contributed by atoms with Crippen molar-refractivity contribution >= 4 is 33.4 Å². The molecule has 1 amide bonds. The molecular formula is C24H27ClN2O5S. The van der Waals surface area contributed by atoms with E-state index in [0.29, 0.717) is 30.5 Å². The summed E-state index contributed by atoms with van der Waals surface area (Å²) in [7, 11) is -4.18. The normalized spacial score (nSPS) is 22.5. The van der Waals surface area contributed by atoms with Gasteiger partial charge in [-0.05, 0) is 79.5 Å². The quantitative estimate of drug-likeness (QED) is 0.651. The number of nitrogens with zero attached hydrogens (tertiary/aromatic N) is 1. The Morgan fingerprint density at radius 2 is 2.03 bits per heavy atom. The SMILES string of the molecule is O=C(O)NS(=O)(=O)c1ccc2c(c1)N(CC1CCC1)CC1(CCCc3cc(Cl)ccc31)CO2. The van der Waals surface area contributed by atoms with Crippen molar-refractivity contribution in [3.63, 3.8) is 0 Å². The van der Waals surface area contributed by atoms with Crippen LogP contribution in [0.1, 0.15) is 43.2 Å². The van der Waals surface area contributed by atoms with Crippen LogP contribution in [0.3, 0.4) is 0 Å². The number of amides is 1. The molecule has 3 aliphatic rings. The topological polar surface area (TPSA) is 95.9 Å². The molecule has 33 heavy (non-hydrogen) atoms. The molecule has 1 unspecified atom stereocenters. The van der Waals surface area contributed by atoms with Gasteiger partial charge in [0.05, 0.1) is 17.2 Å². The van der Waals surface area contributed by atoms with Crippen molar-refractivity contribution < 1.29 is 23.1 Å². The van der Waals surface area contributed by atoms with Crippen LogP contribution >= 0.6 is 11.6 Å². The lowest BCUT2D eigenvalue weighted by Gasteiger charge is -2.42. The molecule has 1 spiro atoms. The second-order valence-corrected chi connectivity index (χ2v) is 11.6. The van der Waals surface area contributed by atoms with Gasteiger partial charge in [0.1, 0.15) is 5.75 Å². The number of halogens is 1. The zero-order chi connectivity index (χ0) is 23.2. The van der Waals surface area contributed by atoms with Crippen molar-refractivity contribution in [3.05, 3.63) is 52.5 Å². The molecule has 0 bridgehead atoms. The van der Waals surface area contributed by atoms with Gasteiger partial charge >= 0.3 is 6.09 Å². The van der Waals surface area contributed by atoms with E-state index in [4.69, 9.17) is 21.4 Å². The van der Waals surface area contributed by atoms with E-state index in [2.05, 4.69) is 11.0 Å². The summed E-state index contributed by atoms with van der Waals surface area (Å²) in [6, 6.07) is 10.7. The summed E-state index contributed by atoms with van der Waals surface area (Å²) in [6.07, 6.45) is 4.91. The van der Waals surface area contributed by atoms with E-state index in [-0.39, 0.29) is 10.3 Å². The number of ether oxygens (including phenoxy) is 1. The van der Waals surface area contributed by atoms with E-state index >= 15 is 0 Å². The molecule has 2 aliphatic carbocycles. The smallest absolute Gasteiger partial charge is 0.418 e. The summed E-state index contributed by atoms with van der Waals surface area (Å²) in [5, 5.41) is 9.68. The Kier molecular flexibility index (Phi) is 5.69. The first-order valence-electron chi connectivity index (χ1n) is 11.3. The van der Waals surface area contributed by atoms with Crippen molar-refractivity contribution in [2.45, 2.75) is 48.8 Å². The monoisotopic (exact) mass is 490 g/mol. The average molecular weight is 491 g/mol. The highest BCUT2D eigenvalue weighted by molar-refractivity contribution is 7.90. The van der Waals surface area contributed by atoms with Crippen LogP contribution in [0.15, 0.2) is 41.3 Å². The van der Waals surface area contributed by atoms with Crippen LogP contribution in [0.4, 0.5) is 10.5 Å². The largest absolute Gasteiger partial charge is 0.490 e. The molecule has 0 aromatic heterocycles. The zero-order valence-electron chi connectivity index (χ0n) is 18.2. The summed E-state index contributed by atoms with van der Waals surface area (Å²) in [4.78, 5) is 13.2. The first-order valence-corrected chi connectivity index (χ1v) is 13.2. The number of aryl methyl sites for hydroxylation is 1. The van der Waals surface area contributed by atoms with E-state index in [1.807, 2.05) is 12.1 Å². The number of hydrogen-bond donors (Lipinski definition) is 2. The summed E-state index contributed by atoms with van der Waals surface area (Å²) >= 11 is 6.28. The number of rotatable bonds is 4. The van der Waals surface area contributed by atoms with E-state index in [1.165, 1.54) is 23.6 Å². The van der Waals surface area contributed by atoms with Crippen LogP contribution in [0.25, 0.3) is 0 Å². The van der Waals surface area contributed by atoms with E-state index < -0.39 is 16.1 Å². The number of fused-ring (bicyclic) bond motifs is 3. The van der Waals surface area contributed by atoms with Crippen molar-refractivity contribution in [1.29, 1.82) is 0 Å². The molecule has 9 heteroatoms. The molecular weight excluding hydrogens is 464 g/mol. The number of carbonyl (C=O) groups is 1. The Morgan fingerprint density at radius 3 is 2.76 bits per heavy atom. The highest BCUT2D eigenvalue weighted by Crippen LogP contribution is 2.45. The molecule has 176 valence electrons. The maximum Gasteiger partial charge on any atom is 0.418 e. The molecule has 0 radical (unpaired) electrons. The van der Waals surface area contributed by atoms with Crippen LogP contribution in [-0.4, -0.2) is 39.3 Å². The predicted molar refractivity (Wildman–Crippen MR) is 126 cm³/mol. The molecule has 2 N–H and O–H groups in total. The molecule has 0 saturated heterocycles. The van der Waals surface area contributed by atoms with Crippen molar-refractivity contribution in [1.82, 2.24) is 4.72 Å². The lowest BCUT2D eigenvalue weighted by Crippen LogP contribution is -2.47. The number of sulfonamides is 1. The van der Waals surface area contributed by atoms with Gasteiger partial charge < -0.3 is 14.7 Å². The summed E-state index contributed by atoms with van der Waals surface area (Å²) < 4.78 is 33.0. The predicted octanol–water partition coefficient (Wildman–Crippen LogP) is 4.57. The van der Waals surface area contributed by atoms with Crippen LogP contribution in [0, 0.1) is 5.92 Å². The molecule has 7 nitrogen and oxygen atoms in total. The van der Waals surface area contributed by atoms with Crippen molar-refractivity contribution in [3.8, 4) is 5.75 Å². The molecule has 1 saturated carbocycles. The first kappa shape index (κ1) is 22.3. The molecule has 1 fully saturated rings. The maximum absolute atomic E-state index is 12.5. The van der Waals surface area contributed by atoms with Gasteiger partial charge in [0.25, 0.3) is 10.0 Å². The van der Waals surface area contributed by atoms with Crippen LogP contribution < -0.4 is 14.4 Å². The fourth-order valence-electron chi connectivity index (χ4n) is 5.42. The van der Waals surface area contributed by atoms with Gasteiger partial charge in [-0.1, -0.05) is 24.1 Å². The Bertz CT molecular complexity index is 1200. The summed E-state index contributed by atoms with van der Waals surface area (Å²) in [5.74, 6) is 1.18. The Morgan fingerprint density at radius 1 is 1.21 bits per heavy atom. The number of benzene rings is 2. The molecule has 5 rings (SSSR count). The number of nitrogens with one attached hydrogen (secondary N) is 1. The fourth-order valence-corrected chi connectivity index (χ4v) is 6.48. The molecule has 2 aromatic carbocycles. The highest BCUT2D eigenvalue weighted by Gasteiger charge is 2.42. The Labute approximate surface area is 198 Å². The van der Waals surface area contributed by atoms with Crippen LogP contribution in [0.2, 0.25) is 5.02 Å². The third-order valence-corrected chi connectivity index (χ3v) is 8.80. The third kappa shape index (κ3) is 4.26. The van der Waals surface area contributed by atoms with Gasteiger partial charge in [0.15, 0.2) is 0 Å². The zero-order valence-corrected chi connectivity index (χ0v) is 19.8. The standard InChI is InChI=1S/C24H27ClN2O5S/c25-18-6-8-20-17(11-18)5-2-10-24(20)14-27(13-16-3-1-4-16)21-12-19(7-9-22(21)32-15-24)33(30,31)26-23(28)29/h6-9,11-12,16,26H,1-5,10,13-15H2,(H,28,29). The molecule has 2 aromatic rings. The second kappa shape index (κ2) is 8.40. The van der Waals surface area contributed by atoms with Gasteiger partial charge in [-0.15, -0.1) is 0 Å². The van der Waals surface area contributed by atoms with Crippen LogP contribution in [0.5, 0.6) is 5.75 Å². The minimum atomic E-state index is -4.18. The second-order valence-electron chi connectivity index (χ2n) is 9.44. The lowest BCUT2D eigenvalue weighted by atomic mass is 9.70. The minimum absolute atomic E-state index is 0.0855. The summed E-state index contributed by atoms with van der Waals surface area (Å²) in [5.41, 5.74) is 2.98. The van der Waals surface area contributed by atoms with Gasteiger partial charge in [-0.25, -0.2) is 17.9 Å². The van der Waals surface area contributed by atoms with Gasteiger partial charge in [-0.2, -0.15) is 0 Å². The minimum Gasteiger partial charge on any atom is -0.490 e. The molecule has 1 aliphatic heterocycles. The van der Waals surface area contributed by atoms with Crippen molar-refractivity contribution in [2.75, 3.05) is 24.6 Å². The average Bonchev–Trinajstić information content (AvgIpc) is 2.87. The van der Waals surface area contributed by atoms with Gasteiger partial charge in [0.2, 0.25) is 0 Å².